The Bertz CT molecular complexity index is 2350. The zero-order valence-corrected chi connectivity index (χ0v) is 38.3. The van der Waals surface area contributed by atoms with Gasteiger partial charge in [-0.1, -0.05) is 86.3 Å². The molecule has 342 valence electrons. The van der Waals surface area contributed by atoms with Crippen molar-refractivity contribution in [3.8, 4) is 0 Å². The molecule has 0 saturated heterocycles. The van der Waals surface area contributed by atoms with Crippen molar-refractivity contribution in [2.75, 3.05) is 26.2 Å². The predicted octanol–water partition coefficient (Wildman–Crippen LogP) is 10.3. The van der Waals surface area contributed by atoms with Crippen molar-refractivity contribution in [3.05, 3.63) is 161 Å². The quantitative estimate of drug-likeness (QED) is 0.0728. The van der Waals surface area contributed by atoms with Crippen LogP contribution in [0.5, 0.6) is 0 Å². The molecule has 0 aliphatic carbocycles. The minimum Gasteiger partial charge on any atom is -0.619 e. The number of aromatic nitrogens is 2. The van der Waals surface area contributed by atoms with Crippen LogP contribution in [0.3, 0.4) is 0 Å². The lowest BCUT2D eigenvalue weighted by Gasteiger charge is -2.29. The maximum Gasteiger partial charge on any atom is 0.410 e. The van der Waals surface area contributed by atoms with E-state index in [1.807, 2.05) is 119 Å². The molecule has 0 aliphatic heterocycles. The Balaban J connectivity index is 0.000000276. The molecule has 2 heterocycles. The van der Waals surface area contributed by atoms with Gasteiger partial charge in [0.2, 0.25) is 0 Å². The van der Waals surface area contributed by atoms with Gasteiger partial charge in [0, 0.05) is 80.6 Å². The van der Waals surface area contributed by atoms with Crippen molar-refractivity contribution < 1.29 is 23.8 Å². The molecule has 0 spiro atoms. The van der Waals surface area contributed by atoms with Crippen molar-refractivity contribution in [2.24, 2.45) is 0 Å². The van der Waals surface area contributed by atoms with Gasteiger partial charge in [0.25, 0.3) is 0 Å². The van der Waals surface area contributed by atoms with Crippen LogP contribution in [0.2, 0.25) is 0 Å². The second-order valence-corrected chi connectivity index (χ2v) is 18.2. The van der Waals surface area contributed by atoms with E-state index in [1.54, 1.807) is 11.1 Å². The molecule has 2 aromatic heterocycles. The Kier molecular flexibility index (Phi) is 19.1. The number of hydrogen-bond donors (Lipinski definition) is 2. The molecule has 0 radical (unpaired) electrons. The number of rotatable bonds is 16. The normalized spacial score (nSPS) is 12.3. The minimum absolute atomic E-state index is 0. The fraction of sp³-hybridized carbons (Fsp3) is 0.396. The highest BCUT2D eigenvalue weighted by atomic mass is 16.6. The molecular weight excluding hydrogens is 801 g/mol. The lowest BCUT2D eigenvalue weighted by atomic mass is 10.1. The van der Waals surface area contributed by atoms with Crippen LogP contribution in [0.15, 0.2) is 134 Å². The molecule has 11 heteroatoms. The summed E-state index contributed by atoms with van der Waals surface area (Å²) in [5.74, 6) is 0. The molecule has 0 fully saturated rings. The van der Waals surface area contributed by atoms with Crippen molar-refractivity contribution >= 4 is 33.7 Å². The molecular formula is C53H70N6O5. The fourth-order valence-electron chi connectivity index (χ4n) is 6.93. The van der Waals surface area contributed by atoms with E-state index in [2.05, 4.69) is 78.0 Å². The Morgan fingerprint density at radius 3 is 1.55 bits per heavy atom. The van der Waals surface area contributed by atoms with Gasteiger partial charge in [-0.15, -0.1) is 0 Å². The number of carbonyl (C=O) groups is 2. The van der Waals surface area contributed by atoms with Gasteiger partial charge in [-0.2, -0.15) is 4.73 Å². The van der Waals surface area contributed by atoms with Crippen LogP contribution in [0, 0.1) is 5.21 Å². The van der Waals surface area contributed by atoms with Crippen LogP contribution in [-0.2, 0) is 35.4 Å². The summed E-state index contributed by atoms with van der Waals surface area (Å²) in [5.41, 5.74) is 3.68. The highest BCUT2D eigenvalue weighted by Gasteiger charge is 2.25. The second kappa shape index (κ2) is 24.1. The van der Waals surface area contributed by atoms with E-state index in [9.17, 15) is 14.8 Å². The largest absolute Gasteiger partial charge is 0.619 e. The summed E-state index contributed by atoms with van der Waals surface area (Å²) in [6.45, 7) is 19.3. The predicted molar refractivity (Wildman–Crippen MR) is 260 cm³/mol. The van der Waals surface area contributed by atoms with E-state index < -0.39 is 11.2 Å². The van der Waals surface area contributed by atoms with Gasteiger partial charge in [0.05, 0.1) is 0 Å². The number of amides is 2. The van der Waals surface area contributed by atoms with Gasteiger partial charge in [0.15, 0.2) is 12.4 Å². The van der Waals surface area contributed by atoms with Crippen molar-refractivity contribution in [2.45, 2.75) is 112 Å². The Labute approximate surface area is 381 Å². The third kappa shape index (κ3) is 17.6. The van der Waals surface area contributed by atoms with Gasteiger partial charge in [-0.3, -0.25) is 4.98 Å². The summed E-state index contributed by atoms with van der Waals surface area (Å²) in [4.78, 5) is 33.4. The van der Waals surface area contributed by atoms with E-state index in [0.717, 1.165) is 45.8 Å². The number of nitrogens with one attached hydrogen (secondary N) is 2. The average molecular weight is 871 g/mol. The summed E-state index contributed by atoms with van der Waals surface area (Å²) in [6, 6.07) is 36.9. The Morgan fingerprint density at radius 1 is 0.625 bits per heavy atom. The summed E-state index contributed by atoms with van der Waals surface area (Å²) >= 11 is 0. The van der Waals surface area contributed by atoms with Gasteiger partial charge >= 0.3 is 12.2 Å². The highest BCUT2D eigenvalue weighted by molar-refractivity contribution is 5.82. The molecule has 2 amide bonds. The lowest BCUT2D eigenvalue weighted by Crippen LogP contribution is -2.45. The summed E-state index contributed by atoms with van der Waals surface area (Å²) in [5, 5.41) is 22.7. The van der Waals surface area contributed by atoms with Gasteiger partial charge in [-0.25, -0.2) is 9.59 Å². The lowest BCUT2D eigenvalue weighted by molar-refractivity contribution is -0.603. The van der Waals surface area contributed by atoms with Crippen LogP contribution in [0.1, 0.15) is 85.1 Å². The van der Waals surface area contributed by atoms with Crippen molar-refractivity contribution in [3.63, 3.8) is 0 Å². The number of nitrogens with zero attached hydrogens (tertiary/aromatic N) is 4. The van der Waals surface area contributed by atoms with Crippen LogP contribution in [-0.4, -0.2) is 76.4 Å². The van der Waals surface area contributed by atoms with Crippen LogP contribution >= 0.6 is 0 Å². The van der Waals surface area contributed by atoms with E-state index in [4.69, 9.17) is 9.47 Å². The second-order valence-electron chi connectivity index (χ2n) is 18.2. The average Bonchev–Trinajstić information content (AvgIpc) is 3.24. The first-order valence-electron chi connectivity index (χ1n) is 21.9. The number of carbonyl (C=O) groups excluding carboxylic acids is 2. The third-order valence-corrected chi connectivity index (χ3v) is 10.2. The first kappa shape index (κ1) is 50.6. The van der Waals surface area contributed by atoms with Gasteiger partial charge < -0.3 is 35.1 Å². The third-order valence-electron chi connectivity index (χ3n) is 10.2. The SMILES string of the molecule is C.C[C@H](CN(CCc1ccccc1)C(=O)OC(C)(C)C)NCc1ccc2c[n+]([O-])ccc2c1.C[C@H](CN(CCc1ccccc1)C(=O)OC(C)(C)C)NCc1ccc2cnccc2c1. The number of ether oxygens (including phenoxy) is 2. The molecule has 0 saturated carbocycles. The van der Waals surface area contributed by atoms with E-state index >= 15 is 0 Å². The molecule has 6 rings (SSSR count). The van der Waals surface area contributed by atoms with E-state index in [-0.39, 0.29) is 31.7 Å². The maximum atomic E-state index is 12.8. The first-order chi connectivity index (χ1) is 30.0. The van der Waals surface area contributed by atoms with E-state index in [0.29, 0.717) is 32.7 Å². The van der Waals surface area contributed by atoms with E-state index in [1.165, 1.54) is 28.3 Å². The Hall–Kier alpha value is -6.04. The van der Waals surface area contributed by atoms with Crippen molar-refractivity contribution in [1.82, 2.24) is 25.4 Å². The molecule has 0 unspecified atom stereocenters. The van der Waals surface area contributed by atoms with Crippen LogP contribution < -0.4 is 15.4 Å². The molecule has 2 atom stereocenters. The fourth-order valence-corrected chi connectivity index (χ4v) is 6.93. The number of fused-ring (bicyclic) bond motifs is 2. The summed E-state index contributed by atoms with van der Waals surface area (Å²) in [6.07, 6.45) is 7.78. The molecule has 11 nitrogen and oxygen atoms in total. The topological polar surface area (TPSA) is 123 Å². The molecule has 4 aromatic carbocycles. The molecule has 64 heavy (non-hydrogen) atoms. The highest BCUT2D eigenvalue weighted by Crippen LogP contribution is 2.17. The summed E-state index contributed by atoms with van der Waals surface area (Å²) < 4.78 is 12.1. The minimum atomic E-state index is -0.536. The maximum absolute atomic E-state index is 12.8. The molecule has 6 aromatic rings. The van der Waals surface area contributed by atoms with Gasteiger partial charge in [0.1, 0.15) is 11.2 Å². The smallest absolute Gasteiger partial charge is 0.410 e. The standard InChI is InChI=1S/C26H33N3O3.C26H33N3O2.CH4/c1-20(27-17-22-10-11-24-19-29(31)15-13-23(24)16-22)18-28(25(30)32-26(2,3)4)14-12-21-8-6-5-7-9-21;1-20(28-17-22-10-11-24-18-27-14-12-23(24)16-22)19-29(25(30)31-26(2,3)4)15-13-21-8-6-5-7-9-21;/h5-11,13,15-16,19-20,27H,12,14,17-18H2,1-4H3;5-12,14,16,18,20,28H,13,15,17,19H2,1-4H3;1H4/t2*20-;/m11./s1. The molecule has 0 bridgehead atoms. The van der Waals surface area contributed by atoms with Crippen LogP contribution in [0.25, 0.3) is 21.5 Å². The molecule has 2 N–H and O–H groups in total. The zero-order valence-electron chi connectivity index (χ0n) is 38.3. The number of benzene rings is 4. The first-order valence-corrected chi connectivity index (χ1v) is 21.9. The Morgan fingerprint density at radius 2 is 1.08 bits per heavy atom. The molecule has 0 aliphatic rings. The number of hydrogen-bond acceptors (Lipinski definition) is 8. The number of pyridine rings is 2. The monoisotopic (exact) mass is 871 g/mol. The zero-order chi connectivity index (χ0) is 45.4. The summed E-state index contributed by atoms with van der Waals surface area (Å²) in [7, 11) is 0. The van der Waals surface area contributed by atoms with Crippen LogP contribution in [0.4, 0.5) is 9.59 Å². The van der Waals surface area contributed by atoms with Gasteiger partial charge in [-0.05, 0) is 126 Å². The van der Waals surface area contributed by atoms with Crippen molar-refractivity contribution in [1.29, 1.82) is 0 Å².